The zero-order chi connectivity index (χ0) is 14.3. The molecule has 0 saturated heterocycles. The molecule has 0 amide bonds. The Morgan fingerprint density at radius 1 is 1.45 bits per heavy atom. The van der Waals surface area contributed by atoms with E-state index in [9.17, 15) is 0 Å². The lowest BCUT2D eigenvalue weighted by atomic mass is 10.4. The van der Waals surface area contributed by atoms with Crippen LogP contribution in [0.5, 0.6) is 0 Å². The van der Waals surface area contributed by atoms with Crippen molar-refractivity contribution in [3.8, 4) is 0 Å². The summed E-state index contributed by atoms with van der Waals surface area (Å²) in [4.78, 5) is 4.65. The molecule has 0 aliphatic rings. The molecule has 0 fully saturated rings. The first-order valence-corrected chi connectivity index (χ1v) is 7.02. The number of alkyl halides is 1. The molecule has 0 aromatic carbocycles. The predicted octanol–water partition coefficient (Wildman–Crippen LogP) is 2.90. The average Bonchev–Trinajstić information content (AvgIpc) is 3.09. The van der Waals surface area contributed by atoms with Crippen LogP contribution in [0.3, 0.4) is 0 Å². The molecular formula is C13H16ClN5O. The van der Waals surface area contributed by atoms with Crippen LogP contribution in [0.4, 0.5) is 0 Å². The van der Waals surface area contributed by atoms with Crippen LogP contribution in [0.1, 0.15) is 36.5 Å². The van der Waals surface area contributed by atoms with E-state index < -0.39 is 0 Å². The minimum absolute atomic E-state index is 0.185. The standard InChI is InChI=1S/C13H16ClN5O/c1-4-19-13-11(9(3)17-19)16-12(8(2)14)18(13)7-10-5-6-15-20-10/h5-6,8H,4,7H2,1-3H3. The van der Waals surface area contributed by atoms with E-state index in [1.165, 1.54) is 0 Å². The van der Waals surface area contributed by atoms with Crippen LogP contribution in [0.25, 0.3) is 11.2 Å². The fourth-order valence-electron chi connectivity index (χ4n) is 2.40. The maximum atomic E-state index is 6.27. The number of fused-ring (bicyclic) bond motifs is 1. The molecule has 0 bridgehead atoms. The summed E-state index contributed by atoms with van der Waals surface area (Å²) < 4.78 is 9.19. The molecule has 3 rings (SSSR count). The smallest absolute Gasteiger partial charge is 0.159 e. The number of rotatable bonds is 4. The van der Waals surface area contributed by atoms with Crippen molar-refractivity contribution >= 4 is 22.8 Å². The normalized spacial score (nSPS) is 13.2. The average molecular weight is 294 g/mol. The SMILES string of the molecule is CCn1nc(C)c2nc(C(C)Cl)n(Cc3ccno3)c21. The Kier molecular flexibility index (Phi) is 3.25. The second-order valence-corrected chi connectivity index (χ2v) is 5.38. The molecule has 0 N–H and O–H groups in total. The third-order valence-corrected chi connectivity index (χ3v) is 3.48. The number of aryl methyl sites for hydroxylation is 2. The number of imidazole rings is 1. The van der Waals surface area contributed by atoms with Gasteiger partial charge in [0.15, 0.2) is 11.4 Å². The van der Waals surface area contributed by atoms with Crippen molar-refractivity contribution in [3.05, 3.63) is 29.5 Å². The number of hydrogen-bond acceptors (Lipinski definition) is 4. The highest BCUT2D eigenvalue weighted by Crippen LogP contribution is 2.27. The lowest BCUT2D eigenvalue weighted by molar-refractivity contribution is 0.375. The largest absolute Gasteiger partial charge is 0.359 e. The first-order valence-electron chi connectivity index (χ1n) is 6.59. The summed E-state index contributed by atoms with van der Waals surface area (Å²) >= 11 is 6.27. The Bertz CT molecular complexity index is 726. The van der Waals surface area contributed by atoms with Gasteiger partial charge in [-0.3, -0.25) is 0 Å². The predicted molar refractivity (Wildman–Crippen MR) is 75.8 cm³/mol. The summed E-state index contributed by atoms with van der Waals surface area (Å²) in [6.45, 7) is 7.26. The van der Waals surface area contributed by atoms with Gasteiger partial charge in [-0.05, 0) is 20.8 Å². The van der Waals surface area contributed by atoms with Crippen LogP contribution in [0, 0.1) is 6.92 Å². The maximum absolute atomic E-state index is 6.27. The summed E-state index contributed by atoms with van der Waals surface area (Å²) in [7, 11) is 0. The van der Waals surface area contributed by atoms with Crippen molar-refractivity contribution in [3.63, 3.8) is 0 Å². The van der Waals surface area contributed by atoms with Gasteiger partial charge in [0.25, 0.3) is 0 Å². The second kappa shape index (κ2) is 4.94. The Hall–Kier alpha value is -1.82. The summed E-state index contributed by atoms with van der Waals surface area (Å²) in [6, 6.07) is 1.84. The number of aromatic nitrogens is 5. The van der Waals surface area contributed by atoms with E-state index in [0.717, 1.165) is 35.0 Å². The van der Waals surface area contributed by atoms with Gasteiger partial charge in [-0.25, -0.2) is 9.67 Å². The van der Waals surface area contributed by atoms with Crippen molar-refractivity contribution in [2.24, 2.45) is 0 Å². The summed E-state index contributed by atoms with van der Waals surface area (Å²) in [5, 5.41) is 8.06. The van der Waals surface area contributed by atoms with Gasteiger partial charge in [-0.15, -0.1) is 11.6 Å². The van der Waals surface area contributed by atoms with Gasteiger partial charge in [0.05, 0.1) is 23.8 Å². The number of nitrogens with zero attached hydrogens (tertiary/aromatic N) is 5. The first kappa shape index (κ1) is 13.2. The fourth-order valence-corrected chi connectivity index (χ4v) is 2.57. The molecule has 7 heteroatoms. The molecule has 0 radical (unpaired) electrons. The quantitative estimate of drug-likeness (QED) is 0.694. The minimum Gasteiger partial charge on any atom is -0.359 e. The molecule has 0 saturated carbocycles. The van der Waals surface area contributed by atoms with Gasteiger partial charge < -0.3 is 9.09 Å². The highest BCUT2D eigenvalue weighted by molar-refractivity contribution is 6.20. The Morgan fingerprint density at radius 3 is 2.85 bits per heavy atom. The van der Waals surface area contributed by atoms with E-state index in [2.05, 4.69) is 26.7 Å². The van der Waals surface area contributed by atoms with E-state index in [4.69, 9.17) is 16.1 Å². The van der Waals surface area contributed by atoms with Crippen LogP contribution in [-0.4, -0.2) is 24.5 Å². The number of halogens is 1. The van der Waals surface area contributed by atoms with E-state index in [1.807, 2.05) is 24.6 Å². The molecule has 3 aromatic heterocycles. The zero-order valence-electron chi connectivity index (χ0n) is 11.7. The summed E-state index contributed by atoms with van der Waals surface area (Å²) in [5.41, 5.74) is 2.79. The van der Waals surface area contributed by atoms with Crippen LogP contribution in [0.15, 0.2) is 16.8 Å². The number of hydrogen-bond donors (Lipinski definition) is 0. The maximum Gasteiger partial charge on any atom is 0.159 e. The molecule has 3 aromatic rings. The molecule has 0 aliphatic heterocycles. The van der Waals surface area contributed by atoms with Crippen LogP contribution < -0.4 is 0 Å². The molecule has 106 valence electrons. The highest BCUT2D eigenvalue weighted by atomic mass is 35.5. The molecule has 1 atom stereocenters. The Morgan fingerprint density at radius 2 is 2.25 bits per heavy atom. The molecule has 0 aliphatic carbocycles. The van der Waals surface area contributed by atoms with Gasteiger partial charge in [0.1, 0.15) is 11.3 Å². The van der Waals surface area contributed by atoms with E-state index in [-0.39, 0.29) is 5.38 Å². The van der Waals surface area contributed by atoms with Crippen molar-refractivity contribution in [1.82, 2.24) is 24.5 Å². The summed E-state index contributed by atoms with van der Waals surface area (Å²) in [6.07, 6.45) is 1.63. The van der Waals surface area contributed by atoms with Crippen LogP contribution in [0.2, 0.25) is 0 Å². The van der Waals surface area contributed by atoms with Crippen LogP contribution in [-0.2, 0) is 13.1 Å². The van der Waals surface area contributed by atoms with Gasteiger partial charge in [-0.1, -0.05) is 5.16 Å². The van der Waals surface area contributed by atoms with Gasteiger partial charge in [0.2, 0.25) is 0 Å². The van der Waals surface area contributed by atoms with E-state index in [0.29, 0.717) is 6.54 Å². The molecule has 3 heterocycles. The van der Waals surface area contributed by atoms with Crippen LogP contribution >= 0.6 is 11.6 Å². The third-order valence-electron chi connectivity index (χ3n) is 3.29. The van der Waals surface area contributed by atoms with Gasteiger partial charge in [0, 0.05) is 12.6 Å². The third kappa shape index (κ3) is 2.00. The highest BCUT2D eigenvalue weighted by Gasteiger charge is 2.21. The Labute approximate surface area is 121 Å². The van der Waals surface area contributed by atoms with E-state index in [1.54, 1.807) is 6.20 Å². The monoisotopic (exact) mass is 293 g/mol. The molecule has 6 nitrogen and oxygen atoms in total. The Balaban J connectivity index is 2.22. The molecule has 0 spiro atoms. The lowest BCUT2D eigenvalue weighted by Crippen LogP contribution is -2.09. The fraction of sp³-hybridized carbons (Fsp3) is 0.462. The lowest BCUT2D eigenvalue weighted by Gasteiger charge is -2.09. The summed E-state index contributed by atoms with van der Waals surface area (Å²) in [5.74, 6) is 1.59. The minimum atomic E-state index is -0.185. The van der Waals surface area contributed by atoms with Crippen molar-refractivity contribution in [2.75, 3.05) is 0 Å². The van der Waals surface area contributed by atoms with Crippen molar-refractivity contribution in [2.45, 2.75) is 39.2 Å². The molecule has 1 unspecified atom stereocenters. The first-order chi connectivity index (χ1) is 9.61. The second-order valence-electron chi connectivity index (χ2n) is 4.72. The topological polar surface area (TPSA) is 61.7 Å². The van der Waals surface area contributed by atoms with Gasteiger partial charge in [-0.2, -0.15) is 5.10 Å². The zero-order valence-corrected chi connectivity index (χ0v) is 12.4. The van der Waals surface area contributed by atoms with E-state index >= 15 is 0 Å². The van der Waals surface area contributed by atoms with Crippen molar-refractivity contribution in [1.29, 1.82) is 0 Å². The van der Waals surface area contributed by atoms with Crippen molar-refractivity contribution < 1.29 is 4.52 Å². The molecule has 20 heavy (non-hydrogen) atoms. The van der Waals surface area contributed by atoms with Gasteiger partial charge >= 0.3 is 0 Å². The molecular weight excluding hydrogens is 278 g/mol.